The minimum Gasteiger partial charge on any atom is -0.303 e. The van der Waals surface area contributed by atoms with Gasteiger partial charge in [0.05, 0.1) is 0 Å². The number of hydrogen-bond donors (Lipinski definition) is 1. The summed E-state index contributed by atoms with van der Waals surface area (Å²) in [6.07, 6.45) is 5.38. The van der Waals surface area contributed by atoms with Gasteiger partial charge in [-0.2, -0.15) is 0 Å². The van der Waals surface area contributed by atoms with Gasteiger partial charge in [0.1, 0.15) is 6.04 Å². The highest BCUT2D eigenvalue weighted by atomic mass is 32.2. The van der Waals surface area contributed by atoms with Gasteiger partial charge in [-0.3, -0.25) is 19.7 Å². The van der Waals surface area contributed by atoms with Gasteiger partial charge in [-0.1, -0.05) is 19.2 Å². The van der Waals surface area contributed by atoms with Crippen LogP contribution in [0.4, 0.5) is 0 Å². The number of nitrogens with one attached hydrogen (secondary N) is 1. The summed E-state index contributed by atoms with van der Waals surface area (Å²) in [4.78, 5) is 38.4. The number of piperidine rings is 1. The number of benzene rings is 1. The molecule has 1 unspecified atom stereocenters. The molecule has 1 fully saturated rings. The molecular formula is C17H18N2O3S. The van der Waals surface area contributed by atoms with Crippen molar-refractivity contribution >= 4 is 35.6 Å². The predicted molar refractivity (Wildman–Crippen MR) is 90.9 cm³/mol. The maximum absolute atomic E-state index is 12.8. The van der Waals surface area contributed by atoms with Crippen molar-refractivity contribution in [2.24, 2.45) is 0 Å². The fourth-order valence-corrected chi connectivity index (χ4v) is 2.92. The lowest BCUT2D eigenvalue weighted by molar-refractivity contribution is -0.136. The van der Waals surface area contributed by atoms with E-state index >= 15 is 0 Å². The van der Waals surface area contributed by atoms with Gasteiger partial charge in [0.25, 0.3) is 5.91 Å². The molecule has 3 amide bonds. The molecule has 1 aliphatic heterocycles. The monoisotopic (exact) mass is 330 g/mol. The van der Waals surface area contributed by atoms with E-state index < -0.39 is 11.9 Å². The zero-order valence-electron chi connectivity index (χ0n) is 12.9. The molecule has 0 spiro atoms. The minimum absolute atomic E-state index is 0.202. The number of nitrogens with zero attached hydrogens (tertiary/aromatic N) is 1. The largest absolute Gasteiger partial charge is 0.303 e. The van der Waals surface area contributed by atoms with Crippen LogP contribution < -0.4 is 5.32 Å². The number of carbonyl (C=O) groups excluding carboxylic acids is 3. The van der Waals surface area contributed by atoms with Crippen molar-refractivity contribution in [3.05, 3.63) is 48.7 Å². The van der Waals surface area contributed by atoms with Gasteiger partial charge in [0.15, 0.2) is 0 Å². The van der Waals surface area contributed by atoms with Crippen molar-refractivity contribution in [2.75, 3.05) is 6.26 Å². The van der Waals surface area contributed by atoms with Crippen LogP contribution in [-0.4, -0.2) is 34.9 Å². The van der Waals surface area contributed by atoms with Crippen LogP contribution in [0.2, 0.25) is 0 Å². The van der Waals surface area contributed by atoms with Gasteiger partial charge >= 0.3 is 0 Å². The van der Waals surface area contributed by atoms with Gasteiger partial charge < -0.3 is 4.90 Å². The Kier molecular flexibility index (Phi) is 5.39. The average molecular weight is 330 g/mol. The van der Waals surface area contributed by atoms with E-state index in [0.29, 0.717) is 11.1 Å². The topological polar surface area (TPSA) is 66.5 Å². The molecule has 1 saturated heterocycles. The van der Waals surface area contributed by atoms with Crippen LogP contribution in [0.25, 0.3) is 6.08 Å². The number of thioether (sulfide) groups is 1. The Morgan fingerprint density at radius 2 is 2.13 bits per heavy atom. The van der Waals surface area contributed by atoms with Crippen molar-refractivity contribution in [3.63, 3.8) is 0 Å². The molecule has 0 bridgehead atoms. The summed E-state index contributed by atoms with van der Waals surface area (Å²) < 4.78 is 0. The fourth-order valence-electron chi connectivity index (χ4n) is 2.47. The summed E-state index contributed by atoms with van der Waals surface area (Å²) in [5.74, 6) is -1.13. The minimum atomic E-state index is -0.726. The van der Waals surface area contributed by atoms with Gasteiger partial charge in [-0.25, -0.2) is 0 Å². The van der Waals surface area contributed by atoms with Crippen molar-refractivity contribution in [3.8, 4) is 0 Å². The average Bonchev–Trinajstić information content (AvgIpc) is 2.56. The highest BCUT2D eigenvalue weighted by Gasteiger charge is 2.34. The Morgan fingerprint density at radius 1 is 1.39 bits per heavy atom. The highest BCUT2D eigenvalue weighted by Crippen LogP contribution is 2.23. The molecule has 1 aromatic rings. The van der Waals surface area contributed by atoms with E-state index in [4.69, 9.17) is 0 Å². The predicted octanol–water partition coefficient (Wildman–Crippen LogP) is 2.44. The molecule has 1 N–H and O–H groups in total. The first kappa shape index (κ1) is 17.0. The molecule has 1 aromatic carbocycles. The molecule has 120 valence electrons. The summed E-state index contributed by atoms with van der Waals surface area (Å²) in [5, 5.41) is 2.25. The summed E-state index contributed by atoms with van der Waals surface area (Å²) in [7, 11) is 0. The van der Waals surface area contributed by atoms with Crippen molar-refractivity contribution in [2.45, 2.75) is 23.8 Å². The number of amides is 3. The summed E-state index contributed by atoms with van der Waals surface area (Å²) in [5.41, 5.74) is 1.14. The van der Waals surface area contributed by atoms with Crippen LogP contribution >= 0.6 is 11.8 Å². The Hall–Kier alpha value is -2.34. The molecule has 1 heterocycles. The third-order valence-corrected chi connectivity index (χ3v) is 4.41. The fraction of sp³-hybridized carbons (Fsp3) is 0.235. The van der Waals surface area contributed by atoms with Crippen LogP contribution in [0, 0.1) is 0 Å². The quantitative estimate of drug-likeness (QED) is 0.665. The number of rotatable bonds is 5. The van der Waals surface area contributed by atoms with Crippen LogP contribution in [0.15, 0.2) is 42.5 Å². The lowest BCUT2D eigenvalue weighted by Crippen LogP contribution is -2.52. The summed E-state index contributed by atoms with van der Waals surface area (Å²) >= 11 is 1.57. The zero-order valence-corrected chi connectivity index (χ0v) is 13.7. The molecule has 0 aliphatic carbocycles. The van der Waals surface area contributed by atoms with E-state index in [1.54, 1.807) is 23.9 Å². The highest BCUT2D eigenvalue weighted by molar-refractivity contribution is 7.98. The van der Waals surface area contributed by atoms with E-state index in [-0.39, 0.29) is 24.7 Å². The molecule has 1 atom stereocenters. The van der Waals surface area contributed by atoms with Gasteiger partial charge in [-0.15, -0.1) is 11.8 Å². The number of hydrogen-bond acceptors (Lipinski definition) is 4. The second-order valence-electron chi connectivity index (χ2n) is 5.02. The van der Waals surface area contributed by atoms with E-state index in [1.807, 2.05) is 18.4 Å². The molecular weight excluding hydrogens is 312 g/mol. The second kappa shape index (κ2) is 7.28. The third kappa shape index (κ3) is 3.53. The van der Waals surface area contributed by atoms with Crippen molar-refractivity contribution in [1.82, 2.24) is 10.2 Å². The molecule has 0 saturated carbocycles. The summed E-state index contributed by atoms with van der Waals surface area (Å²) in [6, 6.07) is 4.71. The maximum Gasteiger partial charge on any atom is 0.259 e. The number of carbonyl (C=O) groups is 3. The zero-order chi connectivity index (χ0) is 17.0. The lowest BCUT2D eigenvalue weighted by Gasteiger charge is -2.30. The Morgan fingerprint density at radius 3 is 2.70 bits per heavy atom. The molecule has 5 nitrogen and oxygen atoms in total. The second-order valence-corrected chi connectivity index (χ2v) is 5.90. The van der Waals surface area contributed by atoms with E-state index in [1.165, 1.54) is 11.1 Å². The smallest absolute Gasteiger partial charge is 0.259 e. The molecule has 6 heteroatoms. The molecule has 1 aliphatic rings. The van der Waals surface area contributed by atoms with Crippen molar-refractivity contribution in [1.29, 1.82) is 0 Å². The number of imide groups is 1. The van der Waals surface area contributed by atoms with Crippen LogP contribution in [0.1, 0.15) is 28.8 Å². The normalized spacial score (nSPS) is 17.3. The first-order valence-corrected chi connectivity index (χ1v) is 8.33. The van der Waals surface area contributed by atoms with Gasteiger partial charge in [0, 0.05) is 23.1 Å². The Balaban J connectivity index is 2.33. The molecule has 0 aromatic heterocycles. The molecule has 0 radical (unpaired) electrons. The standard InChI is InChI=1S/C17H18N2O3S/c1-4-11-10-12(23-3)6-7-13(11)17(22)19(5-2)14-8-9-15(20)18-16(14)21/h4-7,10,14H,1-2,8-9H2,3H3,(H,18,20,21). The molecule has 23 heavy (non-hydrogen) atoms. The van der Waals surface area contributed by atoms with Crippen LogP contribution in [0.5, 0.6) is 0 Å². The van der Waals surface area contributed by atoms with E-state index in [2.05, 4.69) is 18.5 Å². The van der Waals surface area contributed by atoms with E-state index in [9.17, 15) is 14.4 Å². The lowest BCUT2D eigenvalue weighted by atomic mass is 10.0. The Bertz CT molecular complexity index is 684. The first-order chi connectivity index (χ1) is 11.0. The van der Waals surface area contributed by atoms with Gasteiger partial charge in [-0.05, 0) is 36.4 Å². The summed E-state index contributed by atoms with van der Waals surface area (Å²) in [6.45, 7) is 7.38. The first-order valence-electron chi connectivity index (χ1n) is 7.11. The van der Waals surface area contributed by atoms with E-state index in [0.717, 1.165) is 4.90 Å². The van der Waals surface area contributed by atoms with Crippen molar-refractivity contribution < 1.29 is 14.4 Å². The van der Waals surface area contributed by atoms with Crippen LogP contribution in [0.3, 0.4) is 0 Å². The third-order valence-electron chi connectivity index (χ3n) is 3.69. The van der Waals surface area contributed by atoms with Gasteiger partial charge in [0.2, 0.25) is 11.8 Å². The molecule has 2 rings (SSSR count). The van der Waals surface area contributed by atoms with Crippen LogP contribution in [-0.2, 0) is 9.59 Å². The Labute approximate surface area is 139 Å². The maximum atomic E-state index is 12.8. The SMILES string of the molecule is C=Cc1cc(SC)ccc1C(=O)N(C=C)C1CCC(=O)NC1=O.